The summed E-state index contributed by atoms with van der Waals surface area (Å²) in [5.74, 6) is 1.19. The van der Waals surface area contributed by atoms with Crippen molar-refractivity contribution < 1.29 is 4.79 Å². The lowest BCUT2D eigenvalue weighted by Crippen LogP contribution is -2.11. The van der Waals surface area contributed by atoms with E-state index < -0.39 is 0 Å². The molecule has 0 radical (unpaired) electrons. The van der Waals surface area contributed by atoms with Crippen LogP contribution in [0.4, 0.5) is 23.1 Å². The molecular weight excluding hydrogens is 338 g/mol. The number of aryl methyl sites for hydroxylation is 2. The maximum absolute atomic E-state index is 12.3. The van der Waals surface area contributed by atoms with Gasteiger partial charge in [0.1, 0.15) is 5.82 Å². The second-order valence-corrected chi connectivity index (χ2v) is 6.27. The molecule has 0 aliphatic rings. The zero-order valence-corrected chi connectivity index (χ0v) is 15.7. The summed E-state index contributed by atoms with van der Waals surface area (Å²) >= 11 is 0. The Morgan fingerprint density at radius 3 is 2.41 bits per heavy atom. The summed E-state index contributed by atoms with van der Waals surface area (Å²) in [6.07, 6.45) is 0. The van der Waals surface area contributed by atoms with Crippen LogP contribution >= 0.6 is 0 Å². The quantitative estimate of drug-likeness (QED) is 0.601. The van der Waals surface area contributed by atoms with Crippen LogP contribution < -0.4 is 16.0 Å². The highest BCUT2D eigenvalue weighted by atomic mass is 16.1. The highest BCUT2D eigenvalue weighted by molar-refractivity contribution is 6.04. The number of rotatable bonds is 6. The first kappa shape index (κ1) is 18.4. The van der Waals surface area contributed by atoms with Gasteiger partial charge in [0, 0.05) is 35.2 Å². The molecule has 0 atom stereocenters. The first-order valence-electron chi connectivity index (χ1n) is 8.88. The number of nitrogens with one attached hydrogen (secondary N) is 3. The Kier molecular flexibility index (Phi) is 5.66. The minimum Gasteiger partial charge on any atom is -0.354 e. The molecule has 6 nitrogen and oxygen atoms in total. The van der Waals surface area contributed by atoms with E-state index in [0.717, 1.165) is 35.0 Å². The molecule has 3 rings (SSSR count). The van der Waals surface area contributed by atoms with Crippen molar-refractivity contribution >= 4 is 29.0 Å². The fourth-order valence-corrected chi connectivity index (χ4v) is 2.64. The fourth-order valence-electron chi connectivity index (χ4n) is 2.64. The summed E-state index contributed by atoms with van der Waals surface area (Å²) in [6.45, 7) is 6.66. The molecule has 0 saturated heterocycles. The predicted octanol–water partition coefficient (Wildman–Crippen LogP) is 4.52. The predicted molar refractivity (Wildman–Crippen MR) is 110 cm³/mol. The Balaban J connectivity index is 1.68. The SMILES string of the molecule is CCNc1nc(C)cc(Nc2ccc(NC(=O)c3cccc(C)c3)cc2)n1. The van der Waals surface area contributed by atoms with Crippen LogP contribution in [0.15, 0.2) is 54.6 Å². The molecule has 1 amide bonds. The third-order valence-corrected chi connectivity index (χ3v) is 3.88. The fraction of sp³-hybridized carbons (Fsp3) is 0.190. The summed E-state index contributed by atoms with van der Waals surface area (Å²) in [4.78, 5) is 21.1. The van der Waals surface area contributed by atoms with Gasteiger partial charge in [-0.1, -0.05) is 17.7 Å². The van der Waals surface area contributed by atoms with Gasteiger partial charge in [-0.05, 0) is 57.2 Å². The second kappa shape index (κ2) is 8.31. The summed E-state index contributed by atoms with van der Waals surface area (Å²) in [5, 5.41) is 9.28. The highest BCUT2D eigenvalue weighted by Gasteiger charge is 2.07. The molecule has 1 heterocycles. The molecule has 138 valence electrons. The second-order valence-electron chi connectivity index (χ2n) is 6.27. The number of aromatic nitrogens is 2. The van der Waals surface area contributed by atoms with E-state index >= 15 is 0 Å². The van der Waals surface area contributed by atoms with Gasteiger partial charge in [-0.3, -0.25) is 4.79 Å². The van der Waals surface area contributed by atoms with Crippen molar-refractivity contribution in [2.24, 2.45) is 0 Å². The van der Waals surface area contributed by atoms with E-state index in [1.807, 2.05) is 69.3 Å². The number of anilines is 4. The van der Waals surface area contributed by atoms with E-state index in [4.69, 9.17) is 0 Å². The maximum Gasteiger partial charge on any atom is 0.255 e. The third kappa shape index (κ3) is 5.04. The molecule has 2 aromatic carbocycles. The Morgan fingerprint density at radius 1 is 0.963 bits per heavy atom. The van der Waals surface area contributed by atoms with Crippen LogP contribution in [0.2, 0.25) is 0 Å². The van der Waals surface area contributed by atoms with Crippen LogP contribution in [0.25, 0.3) is 0 Å². The van der Waals surface area contributed by atoms with Gasteiger partial charge in [0.25, 0.3) is 5.91 Å². The summed E-state index contributed by atoms with van der Waals surface area (Å²) in [7, 11) is 0. The Bertz CT molecular complexity index is 938. The van der Waals surface area contributed by atoms with Crippen molar-refractivity contribution in [1.29, 1.82) is 0 Å². The highest BCUT2D eigenvalue weighted by Crippen LogP contribution is 2.19. The van der Waals surface area contributed by atoms with Crippen LogP contribution in [-0.4, -0.2) is 22.4 Å². The van der Waals surface area contributed by atoms with Gasteiger partial charge in [-0.2, -0.15) is 4.98 Å². The Labute approximate surface area is 159 Å². The average molecular weight is 361 g/mol. The summed E-state index contributed by atoms with van der Waals surface area (Å²) in [5.41, 5.74) is 4.19. The van der Waals surface area contributed by atoms with Gasteiger partial charge in [0.05, 0.1) is 0 Å². The molecule has 0 fully saturated rings. The van der Waals surface area contributed by atoms with Crippen molar-refractivity contribution in [2.45, 2.75) is 20.8 Å². The number of hydrogen-bond donors (Lipinski definition) is 3. The third-order valence-electron chi connectivity index (χ3n) is 3.88. The standard InChI is InChI=1S/C21H23N5O/c1-4-22-21-23-15(3)13-19(26-21)24-17-8-10-18(11-9-17)25-20(27)16-7-5-6-14(2)12-16/h5-13H,4H2,1-3H3,(H,25,27)(H2,22,23,24,26). The molecule has 0 aliphatic carbocycles. The molecule has 6 heteroatoms. The first-order valence-corrected chi connectivity index (χ1v) is 8.88. The van der Waals surface area contributed by atoms with Crippen molar-refractivity contribution in [3.63, 3.8) is 0 Å². The number of nitrogens with zero attached hydrogens (tertiary/aromatic N) is 2. The lowest BCUT2D eigenvalue weighted by molar-refractivity contribution is 0.102. The van der Waals surface area contributed by atoms with Crippen molar-refractivity contribution in [2.75, 3.05) is 22.5 Å². The Morgan fingerprint density at radius 2 is 1.70 bits per heavy atom. The molecule has 3 aromatic rings. The van der Waals surface area contributed by atoms with Gasteiger partial charge >= 0.3 is 0 Å². The zero-order valence-electron chi connectivity index (χ0n) is 15.7. The maximum atomic E-state index is 12.3. The van der Waals surface area contributed by atoms with Gasteiger partial charge in [0.15, 0.2) is 0 Å². The van der Waals surface area contributed by atoms with E-state index in [-0.39, 0.29) is 5.91 Å². The summed E-state index contributed by atoms with van der Waals surface area (Å²) in [6, 6.07) is 16.9. The smallest absolute Gasteiger partial charge is 0.255 e. The van der Waals surface area contributed by atoms with E-state index in [0.29, 0.717) is 11.5 Å². The molecule has 27 heavy (non-hydrogen) atoms. The van der Waals surface area contributed by atoms with Crippen LogP contribution in [0.3, 0.4) is 0 Å². The monoisotopic (exact) mass is 361 g/mol. The molecule has 3 N–H and O–H groups in total. The van der Waals surface area contributed by atoms with Crippen LogP contribution in [0, 0.1) is 13.8 Å². The molecule has 0 spiro atoms. The number of hydrogen-bond acceptors (Lipinski definition) is 5. The van der Waals surface area contributed by atoms with Gasteiger partial charge in [0.2, 0.25) is 5.95 Å². The van der Waals surface area contributed by atoms with Crippen molar-refractivity contribution in [1.82, 2.24) is 9.97 Å². The molecule has 1 aromatic heterocycles. The molecule has 0 bridgehead atoms. The average Bonchev–Trinajstić information content (AvgIpc) is 2.63. The van der Waals surface area contributed by atoms with E-state index in [2.05, 4.69) is 25.9 Å². The molecular formula is C21H23N5O. The zero-order chi connectivity index (χ0) is 19.2. The number of benzene rings is 2. The minimum absolute atomic E-state index is 0.124. The number of carbonyl (C=O) groups is 1. The van der Waals surface area contributed by atoms with E-state index in [1.54, 1.807) is 6.07 Å². The van der Waals surface area contributed by atoms with E-state index in [9.17, 15) is 4.79 Å². The first-order chi connectivity index (χ1) is 13.0. The molecule has 0 unspecified atom stereocenters. The topological polar surface area (TPSA) is 78.9 Å². The largest absolute Gasteiger partial charge is 0.354 e. The van der Waals surface area contributed by atoms with Crippen molar-refractivity contribution in [3.8, 4) is 0 Å². The lowest BCUT2D eigenvalue weighted by atomic mass is 10.1. The van der Waals surface area contributed by atoms with Gasteiger partial charge < -0.3 is 16.0 Å². The van der Waals surface area contributed by atoms with Crippen LogP contribution in [0.1, 0.15) is 28.5 Å². The Hall–Kier alpha value is -3.41. The number of carbonyl (C=O) groups excluding carboxylic acids is 1. The van der Waals surface area contributed by atoms with Crippen LogP contribution in [-0.2, 0) is 0 Å². The van der Waals surface area contributed by atoms with Gasteiger partial charge in [-0.15, -0.1) is 0 Å². The summed E-state index contributed by atoms with van der Waals surface area (Å²) < 4.78 is 0. The molecule has 0 saturated carbocycles. The van der Waals surface area contributed by atoms with Crippen LogP contribution in [0.5, 0.6) is 0 Å². The van der Waals surface area contributed by atoms with Crippen molar-refractivity contribution in [3.05, 3.63) is 71.4 Å². The normalized spacial score (nSPS) is 10.3. The molecule has 0 aliphatic heterocycles. The van der Waals surface area contributed by atoms with Gasteiger partial charge in [-0.25, -0.2) is 4.98 Å². The lowest BCUT2D eigenvalue weighted by Gasteiger charge is -2.10. The van der Waals surface area contributed by atoms with E-state index in [1.165, 1.54) is 0 Å². The number of amides is 1. The minimum atomic E-state index is -0.124.